The molecule has 3 nitrogen and oxygen atoms in total. The molecule has 0 heterocycles. The molecule has 0 spiro atoms. The highest BCUT2D eigenvalue weighted by atomic mass is 16.5. The fourth-order valence-corrected chi connectivity index (χ4v) is 3.42. The Kier molecular flexibility index (Phi) is 6.52. The molecule has 1 saturated carbocycles. The zero-order valence-electron chi connectivity index (χ0n) is 13.7. The SMILES string of the molecule is COCCNCC(c1ccc(C)c(OC)c1)C1CCCC1. The third-order valence-corrected chi connectivity index (χ3v) is 4.68. The minimum Gasteiger partial charge on any atom is -0.496 e. The smallest absolute Gasteiger partial charge is 0.122 e. The molecule has 0 amide bonds. The number of nitrogens with one attached hydrogen (secondary N) is 1. The predicted molar refractivity (Wildman–Crippen MR) is 87.2 cm³/mol. The number of hydrogen-bond acceptors (Lipinski definition) is 3. The Morgan fingerprint density at radius 2 is 2.00 bits per heavy atom. The predicted octanol–water partition coefficient (Wildman–Crippen LogP) is 3.51. The molecule has 1 N–H and O–H groups in total. The largest absolute Gasteiger partial charge is 0.496 e. The van der Waals surface area contributed by atoms with Crippen molar-refractivity contribution < 1.29 is 9.47 Å². The molecule has 2 rings (SSSR count). The average molecular weight is 291 g/mol. The van der Waals surface area contributed by atoms with Crippen molar-refractivity contribution in [1.82, 2.24) is 5.32 Å². The topological polar surface area (TPSA) is 30.5 Å². The van der Waals surface area contributed by atoms with E-state index in [1.807, 2.05) is 0 Å². The summed E-state index contributed by atoms with van der Waals surface area (Å²) in [4.78, 5) is 0. The lowest BCUT2D eigenvalue weighted by molar-refractivity contribution is 0.198. The van der Waals surface area contributed by atoms with Gasteiger partial charge in [-0.05, 0) is 48.8 Å². The van der Waals surface area contributed by atoms with Gasteiger partial charge in [-0.25, -0.2) is 0 Å². The molecule has 0 aliphatic heterocycles. The van der Waals surface area contributed by atoms with Gasteiger partial charge in [0.05, 0.1) is 13.7 Å². The molecule has 1 fully saturated rings. The number of hydrogen-bond donors (Lipinski definition) is 1. The van der Waals surface area contributed by atoms with E-state index in [9.17, 15) is 0 Å². The zero-order chi connectivity index (χ0) is 15.1. The molecule has 3 heteroatoms. The van der Waals surface area contributed by atoms with E-state index in [1.54, 1.807) is 14.2 Å². The van der Waals surface area contributed by atoms with Crippen LogP contribution in [0.5, 0.6) is 5.75 Å². The first kappa shape index (κ1) is 16.3. The van der Waals surface area contributed by atoms with Crippen LogP contribution in [0.4, 0.5) is 0 Å². The van der Waals surface area contributed by atoms with E-state index in [-0.39, 0.29) is 0 Å². The van der Waals surface area contributed by atoms with E-state index in [0.29, 0.717) is 5.92 Å². The van der Waals surface area contributed by atoms with Crippen LogP contribution in [0.1, 0.15) is 42.7 Å². The molecular formula is C18H29NO2. The van der Waals surface area contributed by atoms with Gasteiger partial charge in [0.1, 0.15) is 5.75 Å². The van der Waals surface area contributed by atoms with Crippen molar-refractivity contribution in [3.63, 3.8) is 0 Å². The van der Waals surface area contributed by atoms with Gasteiger partial charge in [-0.2, -0.15) is 0 Å². The van der Waals surface area contributed by atoms with Crippen LogP contribution in [0.15, 0.2) is 18.2 Å². The van der Waals surface area contributed by atoms with Crippen molar-refractivity contribution in [2.45, 2.75) is 38.5 Å². The van der Waals surface area contributed by atoms with Gasteiger partial charge in [-0.3, -0.25) is 0 Å². The Morgan fingerprint density at radius 1 is 1.24 bits per heavy atom. The minimum atomic E-state index is 0.582. The average Bonchev–Trinajstić information content (AvgIpc) is 3.02. The van der Waals surface area contributed by atoms with Gasteiger partial charge in [0.15, 0.2) is 0 Å². The molecule has 1 aromatic carbocycles. The summed E-state index contributed by atoms with van der Waals surface area (Å²) in [5.74, 6) is 2.39. The summed E-state index contributed by atoms with van der Waals surface area (Å²) in [7, 11) is 3.51. The van der Waals surface area contributed by atoms with Crippen LogP contribution >= 0.6 is 0 Å². The van der Waals surface area contributed by atoms with E-state index >= 15 is 0 Å². The third-order valence-electron chi connectivity index (χ3n) is 4.68. The van der Waals surface area contributed by atoms with Crippen LogP contribution in [0.2, 0.25) is 0 Å². The summed E-state index contributed by atoms with van der Waals surface area (Å²) >= 11 is 0. The molecular weight excluding hydrogens is 262 g/mol. The van der Waals surface area contributed by atoms with Crippen molar-refractivity contribution in [1.29, 1.82) is 0 Å². The first-order valence-corrected chi connectivity index (χ1v) is 8.10. The van der Waals surface area contributed by atoms with Crippen molar-refractivity contribution >= 4 is 0 Å². The minimum absolute atomic E-state index is 0.582. The summed E-state index contributed by atoms with van der Waals surface area (Å²) in [6.45, 7) is 4.82. The number of ether oxygens (including phenoxy) is 2. The number of methoxy groups -OCH3 is 2. The van der Waals surface area contributed by atoms with Crippen molar-refractivity contribution in [2.24, 2.45) is 5.92 Å². The van der Waals surface area contributed by atoms with E-state index in [2.05, 4.69) is 30.4 Å². The molecule has 118 valence electrons. The highest BCUT2D eigenvalue weighted by molar-refractivity contribution is 5.38. The summed E-state index contributed by atoms with van der Waals surface area (Å²) in [6.07, 6.45) is 5.46. The molecule has 1 unspecified atom stereocenters. The van der Waals surface area contributed by atoms with Gasteiger partial charge in [0.2, 0.25) is 0 Å². The second-order valence-electron chi connectivity index (χ2n) is 6.08. The summed E-state index contributed by atoms with van der Waals surface area (Å²) in [5.41, 5.74) is 2.62. The van der Waals surface area contributed by atoms with Crippen molar-refractivity contribution in [2.75, 3.05) is 33.9 Å². The van der Waals surface area contributed by atoms with Gasteiger partial charge in [0, 0.05) is 20.2 Å². The Morgan fingerprint density at radius 3 is 2.67 bits per heavy atom. The third kappa shape index (κ3) is 4.45. The maximum absolute atomic E-state index is 5.50. The van der Waals surface area contributed by atoms with E-state index < -0.39 is 0 Å². The lowest BCUT2D eigenvalue weighted by Crippen LogP contribution is -2.28. The number of rotatable bonds is 8. The Hall–Kier alpha value is -1.06. The maximum atomic E-state index is 5.50. The van der Waals surface area contributed by atoms with Gasteiger partial charge >= 0.3 is 0 Å². The fourth-order valence-electron chi connectivity index (χ4n) is 3.42. The molecule has 21 heavy (non-hydrogen) atoms. The second-order valence-corrected chi connectivity index (χ2v) is 6.08. The van der Waals surface area contributed by atoms with Crippen molar-refractivity contribution in [3.05, 3.63) is 29.3 Å². The fraction of sp³-hybridized carbons (Fsp3) is 0.667. The molecule has 0 aromatic heterocycles. The highest BCUT2D eigenvalue weighted by Gasteiger charge is 2.26. The molecule has 1 aliphatic carbocycles. The van der Waals surface area contributed by atoms with Crippen LogP contribution in [-0.2, 0) is 4.74 Å². The Bertz CT molecular complexity index is 427. The lowest BCUT2D eigenvalue weighted by Gasteiger charge is -2.25. The van der Waals surface area contributed by atoms with Crippen LogP contribution in [-0.4, -0.2) is 33.9 Å². The number of aryl methyl sites for hydroxylation is 1. The Labute approximate surface area is 129 Å². The highest BCUT2D eigenvalue weighted by Crippen LogP contribution is 2.38. The van der Waals surface area contributed by atoms with Crippen LogP contribution in [0.25, 0.3) is 0 Å². The van der Waals surface area contributed by atoms with Gasteiger partial charge in [-0.1, -0.05) is 25.0 Å². The van der Waals surface area contributed by atoms with Gasteiger partial charge < -0.3 is 14.8 Å². The normalized spacial score (nSPS) is 17.1. The van der Waals surface area contributed by atoms with Crippen LogP contribution in [0.3, 0.4) is 0 Å². The summed E-state index contributed by atoms with van der Waals surface area (Å²) in [5, 5.41) is 3.55. The van der Waals surface area contributed by atoms with E-state index in [4.69, 9.17) is 9.47 Å². The molecule has 1 atom stereocenters. The second kappa shape index (κ2) is 8.40. The van der Waals surface area contributed by atoms with Crippen molar-refractivity contribution in [3.8, 4) is 5.75 Å². The Balaban J connectivity index is 2.09. The van der Waals surface area contributed by atoms with Crippen LogP contribution in [0, 0.1) is 12.8 Å². The summed E-state index contributed by atoms with van der Waals surface area (Å²) < 4.78 is 10.6. The van der Waals surface area contributed by atoms with Crippen LogP contribution < -0.4 is 10.1 Å². The standard InChI is InChI=1S/C18H29NO2/c1-14-8-9-16(12-18(14)21-3)17(13-19-10-11-20-2)15-6-4-5-7-15/h8-9,12,15,17,19H,4-7,10-11,13H2,1-3H3. The van der Waals surface area contributed by atoms with E-state index in [1.165, 1.54) is 36.8 Å². The van der Waals surface area contributed by atoms with Gasteiger partial charge in [-0.15, -0.1) is 0 Å². The number of benzene rings is 1. The monoisotopic (exact) mass is 291 g/mol. The molecule has 0 bridgehead atoms. The molecule has 0 saturated heterocycles. The maximum Gasteiger partial charge on any atom is 0.122 e. The first-order chi connectivity index (χ1) is 10.3. The molecule has 1 aromatic rings. The zero-order valence-corrected chi connectivity index (χ0v) is 13.7. The first-order valence-electron chi connectivity index (χ1n) is 8.10. The summed E-state index contributed by atoms with van der Waals surface area (Å²) in [6, 6.07) is 6.69. The molecule has 0 radical (unpaired) electrons. The quantitative estimate of drug-likeness (QED) is 0.743. The lowest BCUT2D eigenvalue weighted by atomic mass is 9.84. The molecule has 1 aliphatic rings. The van der Waals surface area contributed by atoms with Gasteiger partial charge in [0.25, 0.3) is 0 Å². The van der Waals surface area contributed by atoms with E-state index in [0.717, 1.165) is 31.4 Å².